The SMILES string of the molecule is CC(=O)O[C@@H]1[C@@H](O[C@@H]2O[C@H](C)[C@@H](OC(=O)c3ccccc3)[C@H](OC(=O)c3ccccc3)[C@H]2OC(=O)c2ccccc2)[C@H](O[C@@H]2[C@@H](OCc3ccccc3)[C@@H](O)O[C@H](C)[C@H]2OCc2ccccc2)OC[C@H]1OC(C)=O. The van der Waals surface area contributed by atoms with Gasteiger partial charge in [-0.2, -0.15) is 0 Å². The van der Waals surface area contributed by atoms with Crippen molar-refractivity contribution in [2.45, 2.75) is 127 Å². The van der Waals surface area contributed by atoms with Crippen molar-refractivity contribution < 1.29 is 85.9 Å². The molecule has 74 heavy (non-hydrogen) atoms. The lowest BCUT2D eigenvalue weighted by atomic mass is 9.97. The van der Waals surface area contributed by atoms with Gasteiger partial charge < -0.3 is 61.9 Å². The number of aliphatic hydroxyl groups excluding tert-OH is 1. The summed E-state index contributed by atoms with van der Waals surface area (Å²) in [5, 5.41) is 11.6. The number of benzene rings is 5. The first-order valence-electron chi connectivity index (χ1n) is 24.2. The van der Waals surface area contributed by atoms with E-state index in [9.17, 15) is 29.1 Å². The molecule has 0 radical (unpaired) electrons. The van der Waals surface area contributed by atoms with Crippen molar-refractivity contribution in [1.82, 2.24) is 0 Å². The lowest BCUT2D eigenvalue weighted by Gasteiger charge is -2.49. The highest BCUT2D eigenvalue weighted by atomic mass is 16.8. The lowest BCUT2D eigenvalue weighted by Crippen LogP contribution is -2.66. The van der Waals surface area contributed by atoms with Crippen LogP contribution >= 0.6 is 0 Å². The Morgan fingerprint density at radius 2 is 0.865 bits per heavy atom. The molecule has 8 rings (SSSR count). The van der Waals surface area contributed by atoms with E-state index < -0.39 is 122 Å². The zero-order valence-corrected chi connectivity index (χ0v) is 41.0. The van der Waals surface area contributed by atoms with Crippen LogP contribution in [-0.4, -0.2) is 128 Å². The highest BCUT2D eigenvalue weighted by Gasteiger charge is 2.57. The van der Waals surface area contributed by atoms with Gasteiger partial charge in [-0.25, -0.2) is 14.4 Å². The maximum Gasteiger partial charge on any atom is 0.338 e. The van der Waals surface area contributed by atoms with Crippen molar-refractivity contribution in [3.05, 3.63) is 179 Å². The number of hydrogen-bond donors (Lipinski definition) is 1. The van der Waals surface area contributed by atoms with Crippen molar-refractivity contribution in [3.63, 3.8) is 0 Å². The van der Waals surface area contributed by atoms with Gasteiger partial charge in [0.15, 0.2) is 55.5 Å². The topological polar surface area (TPSA) is 216 Å². The van der Waals surface area contributed by atoms with Gasteiger partial charge in [0.1, 0.15) is 18.3 Å². The van der Waals surface area contributed by atoms with E-state index in [0.717, 1.165) is 25.0 Å². The number of esters is 5. The number of carbonyl (C=O) groups is 5. The molecule has 14 atom stereocenters. The molecule has 0 aromatic heterocycles. The van der Waals surface area contributed by atoms with Crippen molar-refractivity contribution in [1.29, 1.82) is 0 Å². The quantitative estimate of drug-likeness (QED) is 0.0752. The Kier molecular flexibility index (Phi) is 18.3. The van der Waals surface area contributed by atoms with Crippen LogP contribution in [0.25, 0.3) is 0 Å². The zero-order valence-electron chi connectivity index (χ0n) is 41.0. The minimum atomic E-state index is -1.79. The molecule has 5 aromatic rings. The highest BCUT2D eigenvalue weighted by Crippen LogP contribution is 2.37. The largest absolute Gasteiger partial charge is 0.456 e. The predicted octanol–water partition coefficient (Wildman–Crippen LogP) is 6.31. The normalized spacial score (nSPS) is 28.7. The monoisotopic (exact) mass is 1020 g/mol. The van der Waals surface area contributed by atoms with Crippen LogP contribution in [0.4, 0.5) is 0 Å². The maximum atomic E-state index is 14.2. The number of rotatable bonds is 18. The summed E-state index contributed by atoms with van der Waals surface area (Å²) < 4.78 is 75.7. The van der Waals surface area contributed by atoms with Crippen LogP contribution in [0, 0.1) is 0 Å². The average molecular weight is 1020 g/mol. The summed E-state index contributed by atoms with van der Waals surface area (Å²) in [6.07, 6.45) is -19.9. The smallest absolute Gasteiger partial charge is 0.338 e. The number of ether oxygens (including phenoxy) is 12. The summed E-state index contributed by atoms with van der Waals surface area (Å²) >= 11 is 0. The summed E-state index contributed by atoms with van der Waals surface area (Å²) in [5.74, 6) is -4.19. The fourth-order valence-corrected chi connectivity index (χ4v) is 8.85. The van der Waals surface area contributed by atoms with Crippen molar-refractivity contribution in [2.75, 3.05) is 6.61 Å². The summed E-state index contributed by atoms with van der Waals surface area (Å²) in [7, 11) is 0. The van der Waals surface area contributed by atoms with E-state index >= 15 is 0 Å². The Bertz CT molecular complexity index is 2550. The van der Waals surface area contributed by atoms with Gasteiger partial charge in [0.2, 0.25) is 0 Å². The summed E-state index contributed by atoms with van der Waals surface area (Å²) in [4.78, 5) is 68.0. The van der Waals surface area contributed by atoms with Crippen LogP contribution < -0.4 is 0 Å². The third-order valence-electron chi connectivity index (χ3n) is 12.4. The molecule has 0 saturated carbocycles. The second-order valence-corrected chi connectivity index (χ2v) is 17.8. The molecule has 0 aliphatic carbocycles. The van der Waals surface area contributed by atoms with Gasteiger partial charge in [0.25, 0.3) is 0 Å². The van der Waals surface area contributed by atoms with E-state index in [0.29, 0.717) is 0 Å². The van der Waals surface area contributed by atoms with E-state index in [2.05, 4.69) is 0 Å². The van der Waals surface area contributed by atoms with Gasteiger partial charge >= 0.3 is 29.8 Å². The molecule has 0 unspecified atom stereocenters. The Balaban J connectivity index is 1.20. The fourth-order valence-electron chi connectivity index (χ4n) is 8.85. The van der Waals surface area contributed by atoms with Gasteiger partial charge in [0, 0.05) is 13.8 Å². The second-order valence-electron chi connectivity index (χ2n) is 17.8. The molecule has 18 nitrogen and oxygen atoms in total. The summed E-state index contributed by atoms with van der Waals surface area (Å²) in [5.41, 5.74) is 1.94. The van der Waals surface area contributed by atoms with Gasteiger partial charge in [-0.1, -0.05) is 115 Å². The lowest BCUT2D eigenvalue weighted by molar-refractivity contribution is -0.378. The first-order chi connectivity index (χ1) is 35.8. The molecular weight excluding hydrogens is 961 g/mol. The molecule has 390 valence electrons. The van der Waals surface area contributed by atoms with E-state index in [4.69, 9.17) is 56.8 Å². The standard InChI is InChI=1S/C56H58O18/c1-33-43(63-30-37-20-10-5-11-21-37)46(48(54(62)66-33)64-31-38-22-12-6-13-23-38)73-55-49(45(69-36(4)58)42(32-65-55)68-35(3)57)74-56-50(72-53(61)41-28-18-9-19-29-41)47(71-52(60)40-26-16-8-17-27-40)44(34(2)67-56)70-51(59)39-24-14-7-15-25-39/h5-29,33-34,42-50,54-56,62H,30-32H2,1-4H3/t33-,34-,42-,43-,44-,45+,46+,47+,48-,49-,50-,54+,55+,56+/m1/s1. The molecule has 3 fully saturated rings. The van der Waals surface area contributed by atoms with Gasteiger partial charge in [0.05, 0.1) is 48.7 Å². The van der Waals surface area contributed by atoms with Crippen LogP contribution in [-0.2, 0) is 79.6 Å². The molecule has 3 heterocycles. The van der Waals surface area contributed by atoms with E-state index in [1.54, 1.807) is 61.5 Å². The predicted molar refractivity (Wildman–Crippen MR) is 258 cm³/mol. The van der Waals surface area contributed by atoms with Gasteiger partial charge in [-0.3, -0.25) is 9.59 Å². The van der Waals surface area contributed by atoms with Crippen molar-refractivity contribution >= 4 is 29.8 Å². The Morgan fingerprint density at radius 3 is 1.35 bits per heavy atom. The molecule has 3 saturated heterocycles. The highest BCUT2D eigenvalue weighted by molar-refractivity contribution is 5.91. The van der Waals surface area contributed by atoms with Crippen LogP contribution in [0.15, 0.2) is 152 Å². The molecule has 0 bridgehead atoms. The van der Waals surface area contributed by atoms with Crippen molar-refractivity contribution in [3.8, 4) is 0 Å². The Morgan fingerprint density at radius 1 is 0.446 bits per heavy atom. The van der Waals surface area contributed by atoms with E-state index in [1.807, 2.05) is 60.7 Å². The third-order valence-corrected chi connectivity index (χ3v) is 12.4. The number of hydrogen-bond acceptors (Lipinski definition) is 18. The molecule has 0 spiro atoms. The molecule has 1 N–H and O–H groups in total. The Labute approximate surface area is 427 Å². The second kappa shape index (κ2) is 25.4. The van der Waals surface area contributed by atoms with Crippen molar-refractivity contribution in [2.24, 2.45) is 0 Å². The summed E-state index contributed by atoms with van der Waals surface area (Å²) in [6.45, 7) is 5.20. The number of aliphatic hydroxyl groups is 1. The molecule has 18 heteroatoms. The summed E-state index contributed by atoms with van der Waals surface area (Å²) in [6, 6.07) is 42.5. The van der Waals surface area contributed by atoms with E-state index in [-0.39, 0.29) is 29.9 Å². The maximum absolute atomic E-state index is 14.2. The molecule has 5 aromatic carbocycles. The van der Waals surface area contributed by atoms with Crippen LogP contribution in [0.2, 0.25) is 0 Å². The molecular formula is C56H58O18. The van der Waals surface area contributed by atoms with Crippen LogP contribution in [0.5, 0.6) is 0 Å². The molecule has 0 amide bonds. The third kappa shape index (κ3) is 13.6. The average Bonchev–Trinajstić information content (AvgIpc) is 3.40. The molecule has 3 aliphatic heterocycles. The van der Waals surface area contributed by atoms with Gasteiger partial charge in [-0.05, 0) is 61.4 Å². The van der Waals surface area contributed by atoms with Gasteiger partial charge in [-0.15, -0.1) is 0 Å². The first kappa shape index (κ1) is 53.4. The van der Waals surface area contributed by atoms with Crippen LogP contribution in [0.3, 0.4) is 0 Å². The molecule has 3 aliphatic rings. The minimum absolute atomic E-state index is 0.00297. The Hall–Kier alpha value is -6.87. The van der Waals surface area contributed by atoms with Crippen LogP contribution in [0.1, 0.15) is 69.9 Å². The number of carbonyl (C=O) groups excluding carboxylic acids is 5. The minimum Gasteiger partial charge on any atom is -0.456 e. The van der Waals surface area contributed by atoms with E-state index in [1.165, 1.54) is 43.3 Å². The zero-order chi connectivity index (χ0) is 52.1. The fraction of sp³-hybridized carbons (Fsp3) is 0.375. The first-order valence-corrected chi connectivity index (χ1v) is 24.2.